The van der Waals surface area contributed by atoms with Crippen molar-refractivity contribution >= 4 is 27.3 Å². The van der Waals surface area contributed by atoms with Gasteiger partial charge in [0.25, 0.3) is 10.0 Å². The van der Waals surface area contributed by atoms with Crippen LogP contribution in [-0.2, 0) is 10.0 Å². The minimum atomic E-state index is -3.52. The van der Waals surface area contributed by atoms with Crippen LogP contribution in [0.25, 0.3) is 0 Å². The van der Waals surface area contributed by atoms with Gasteiger partial charge >= 0.3 is 5.97 Å². The molecule has 1 aromatic rings. The van der Waals surface area contributed by atoms with Crippen LogP contribution >= 0.6 is 11.3 Å². The van der Waals surface area contributed by atoms with Crippen LogP contribution in [0.3, 0.4) is 0 Å². The number of rotatable bonds is 6. The van der Waals surface area contributed by atoms with Gasteiger partial charge in [0.2, 0.25) is 0 Å². The van der Waals surface area contributed by atoms with Crippen LogP contribution < -0.4 is 0 Å². The van der Waals surface area contributed by atoms with E-state index in [1.54, 1.807) is 0 Å². The molecule has 0 aliphatic heterocycles. The van der Waals surface area contributed by atoms with Gasteiger partial charge in [-0.3, -0.25) is 0 Å². The number of carboxylic acids is 1. The highest BCUT2D eigenvalue weighted by Crippen LogP contribution is 2.34. The van der Waals surface area contributed by atoms with Gasteiger partial charge in [0.15, 0.2) is 0 Å². The van der Waals surface area contributed by atoms with Crippen LogP contribution in [0, 0.1) is 0 Å². The van der Waals surface area contributed by atoms with Gasteiger partial charge < -0.3 is 5.11 Å². The van der Waals surface area contributed by atoms with Crippen LogP contribution in [0.1, 0.15) is 36.5 Å². The maximum atomic E-state index is 12.4. The Balaban J connectivity index is 2.30. The molecule has 100 valence electrons. The summed E-state index contributed by atoms with van der Waals surface area (Å²) in [6.45, 7) is 2.43. The Hall–Kier alpha value is -0.920. The van der Waals surface area contributed by atoms with E-state index in [0.29, 0.717) is 6.54 Å². The molecular formula is C11H15NO4S2. The van der Waals surface area contributed by atoms with E-state index in [0.717, 1.165) is 30.6 Å². The standard InChI is InChI=1S/C11H15NO4S2/c1-2-5-12(9-3-4-9)18(15,16)10-6-8(7-17-10)11(13)14/h6-7,9H,2-5H2,1H3,(H,13,14). The van der Waals surface area contributed by atoms with Crippen molar-refractivity contribution < 1.29 is 18.3 Å². The number of nitrogens with zero attached hydrogens (tertiary/aromatic N) is 1. The van der Waals surface area contributed by atoms with Gasteiger partial charge in [0, 0.05) is 18.0 Å². The predicted molar refractivity (Wildman–Crippen MR) is 68.5 cm³/mol. The van der Waals surface area contributed by atoms with Gasteiger partial charge in [-0.25, -0.2) is 13.2 Å². The lowest BCUT2D eigenvalue weighted by molar-refractivity contribution is 0.0697. The first-order valence-electron chi connectivity index (χ1n) is 5.80. The molecule has 18 heavy (non-hydrogen) atoms. The quantitative estimate of drug-likeness (QED) is 0.869. The summed E-state index contributed by atoms with van der Waals surface area (Å²) in [7, 11) is -3.52. The second kappa shape index (κ2) is 4.99. The molecular weight excluding hydrogens is 274 g/mol. The van der Waals surface area contributed by atoms with Crippen LogP contribution in [0.5, 0.6) is 0 Å². The van der Waals surface area contributed by atoms with E-state index in [4.69, 9.17) is 5.11 Å². The van der Waals surface area contributed by atoms with Crippen LogP contribution in [0.2, 0.25) is 0 Å². The molecule has 1 fully saturated rings. The molecule has 0 bridgehead atoms. The van der Waals surface area contributed by atoms with Gasteiger partial charge in [-0.2, -0.15) is 4.31 Å². The van der Waals surface area contributed by atoms with Gasteiger partial charge in [-0.05, 0) is 25.3 Å². The zero-order valence-corrected chi connectivity index (χ0v) is 11.6. The first-order valence-corrected chi connectivity index (χ1v) is 8.12. The highest BCUT2D eigenvalue weighted by Gasteiger charge is 2.38. The molecule has 0 aromatic carbocycles. The average Bonchev–Trinajstić information content (AvgIpc) is 2.99. The number of hydrogen-bond acceptors (Lipinski definition) is 4. The first kappa shape index (κ1) is 13.5. The zero-order valence-electron chi connectivity index (χ0n) is 10.00. The van der Waals surface area contributed by atoms with Gasteiger partial charge in [0.05, 0.1) is 5.56 Å². The summed E-state index contributed by atoms with van der Waals surface area (Å²) in [5.74, 6) is -1.10. The Bertz CT molecular complexity index is 545. The van der Waals surface area contributed by atoms with E-state index in [1.807, 2.05) is 6.92 Å². The summed E-state index contributed by atoms with van der Waals surface area (Å²) in [6, 6.07) is 1.35. The van der Waals surface area contributed by atoms with Crippen LogP contribution in [0.4, 0.5) is 0 Å². The van der Waals surface area contributed by atoms with E-state index in [2.05, 4.69) is 0 Å². The SMILES string of the molecule is CCCN(C1CC1)S(=O)(=O)c1cc(C(=O)O)cs1. The Morgan fingerprint density at radius 2 is 2.22 bits per heavy atom. The summed E-state index contributed by atoms with van der Waals surface area (Å²) in [5, 5.41) is 10.2. The Morgan fingerprint density at radius 3 is 2.67 bits per heavy atom. The maximum absolute atomic E-state index is 12.4. The van der Waals surface area contributed by atoms with Crippen LogP contribution in [0.15, 0.2) is 15.7 Å². The largest absolute Gasteiger partial charge is 0.478 e. The normalized spacial score (nSPS) is 16.1. The fourth-order valence-electron chi connectivity index (χ4n) is 1.76. The summed E-state index contributed by atoms with van der Waals surface area (Å²) < 4.78 is 26.4. The number of aromatic carboxylic acids is 1. The molecule has 1 N–H and O–H groups in total. The maximum Gasteiger partial charge on any atom is 0.336 e. The van der Waals surface area contributed by atoms with E-state index < -0.39 is 16.0 Å². The molecule has 1 aliphatic rings. The number of hydrogen-bond donors (Lipinski definition) is 1. The minimum absolute atomic E-state index is 0.0332. The van der Waals surface area contributed by atoms with Crippen molar-refractivity contribution in [3.63, 3.8) is 0 Å². The highest BCUT2D eigenvalue weighted by molar-refractivity contribution is 7.91. The molecule has 1 aliphatic carbocycles. The molecule has 2 rings (SSSR count). The minimum Gasteiger partial charge on any atom is -0.478 e. The van der Waals surface area contributed by atoms with E-state index >= 15 is 0 Å². The van der Waals surface area contributed by atoms with Gasteiger partial charge in [0.1, 0.15) is 4.21 Å². The molecule has 0 radical (unpaired) electrons. The smallest absolute Gasteiger partial charge is 0.336 e. The van der Waals surface area contributed by atoms with Crippen molar-refractivity contribution in [2.45, 2.75) is 36.4 Å². The van der Waals surface area contributed by atoms with Crippen molar-refractivity contribution in [2.75, 3.05) is 6.54 Å². The second-order valence-corrected chi connectivity index (χ2v) is 7.34. The van der Waals surface area contributed by atoms with Crippen LogP contribution in [-0.4, -0.2) is 36.4 Å². The number of carbonyl (C=O) groups is 1. The molecule has 1 aromatic heterocycles. The van der Waals surface area contributed by atoms with E-state index in [1.165, 1.54) is 15.8 Å². The molecule has 0 saturated heterocycles. The molecule has 0 amide bonds. The monoisotopic (exact) mass is 289 g/mol. The van der Waals surface area contributed by atoms with Crippen molar-refractivity contribution in [2.24, 2.45) is 0 Å². The number of thiophene rings is 1. The lowest BCUT2D eigenvalue weighted by Gasteiger charge is -2.19. The lowest BCUT2D eigenvalue weighted by Crippen LogP contribution is -2.33. The Kier molecular flexibility index (Phi) is 3.74. The Morgan fingerprint density at radius 1 is 1.56 bits per heavy atom. The molecule has 0 atom stereocenters. The highest BCUT2D eigenvalue weighted by atomic mass is 32.2. The molecule has 5 nitrogen and oxygen atoms in total. The summed E-state index contributed by atoms with van der Waals surface area (Å²) in [5.41, 5.74) is 0.0332. The Labute approximate surface area is 110 Å². The lowest BCUT2D eigenvalue weighted by atomic mass is 10.4. The number of carboxylic acid groups (broad SMARTS) is 1. The second-order valence-electron chi connectivity index (χ2n) is 4.31. The van der Waals surface area contributed by atoms with Crippen molar-refractivity contribution in [3.05, 3.63) is 17.0 Å². The fourth-order valence-corrected chi connectivity index (χ4v) is 4.82. The third-order valence-corrected chi connectivity index (χ3v) is 6.15. The van der Waals surface area contributed by atoms with Crippen molar-refractivity contribution in [1.29, 1.82) is 0 Å². The first-order chi connectivity index (χ1) is 8.46. The van der Waals surface area contributed by atoms with Crippen molar-refractivity contribution in [3.8, 4) is 0 Å². The molecule has 1 saturated carbocycles. The summed E-state index contributed by atoms with van der Waals surface area (Å²) >= 11 is 0.974. The molecule has 7 heteroatoms. The topological polar surface area (TPSA) is 74.7 Å². The van der Waals surface area contributed by atoms with E-state index in [9.17, 15) is 13.2 Å². The third-order valence-electron chi connectivity index (χ3n) is 2.78. The molecule has 1 heterocycles. The average molecular weight is 289 g/mol. The third kappa shape index (κ3) is 2.57. The van der Waals surface area contributed by atoms with Gasteiger partial charge in [-0.1, -0.05) is 6.92 Å². The van der Waals surface area contributed by atoms with E-state index in [-0.39, 0.29) is 15.8 Å². The predicted octanol–water partition coefficient (Wildman–Crippen LogP) is 2.01. The molecule has 0 unspecified atom stereocenters. The summed E-state index contributed by atoms with van der Waals surface area (Å²) in [6.07, 6.45) is 2.56. The summed E-state index contributed by atoms with van der Waals surface area (Å²) in [4.78, 5) is 10.8. The van der Waals surface area contributed by atoms with Crippen molar-refractivity contribution in [1.82, 2.24) is 4.31 Å². The fraction of sp³-hybridized carbons (Fsp3) is 0.545. The molecule has 0 spiro atoms. The number of sulfonamides is 1. The zero-order chi connectivity index (χ0) is 13.3. The van der Waals surface area contributed by atoms with Gasteiger partial charge in [-0.15, -0.1) is 11.3 Å².